The van der Waals surface area contributed by atoms with E-state index in [0.717, 1.165) is 0 Å². The van der Waals surface area contributed by atoms with E-state index >= 15 is 0 Å². The predicted molar refractivity (Wildman–Crippen MR) is 66.8 cm³/mol. The molecule has 0 saturated heterocycles. The molecule has 0 unspecified atom stereocenters. The van der Waals surface area contributed by atoms with Crippen LogP contribution in [0.4, 0.5) is 5.82 Å². The number of anilines is 1. The van der Waals surface area contributed by atoms with Crippen LogP contribution in [0.25, 0.3) is 0 Å². The third-order valence-corrected chi connectivity index (χ3v) is 2.48. The number of rotatable bonds is 4. The van der Waals surface area contributed by atoms with Crippen molar-refractivity contribution in [3.8, 4) is 5.75 Å². The van der Waals surface area contributed by atoms with Crippen LogP contribution in [0.5, 0.6) is 5.75 Å². The highest BCUT2D eigenvalue weighted by atomic mass is 16.3. The van der Waals surface area contributed by atoms with Gasteiger partial charge in [0.15, 0.2) is 11.6 Å². The number of aromatic hydroxyl groups is 1. The summed E-state index contributed by atoms with van der Waals surface area (Å²) in [7, 11) is 3.70. The Kier molecular flexibility index (Phi) is 4.45. The molecule has 1 rings (SSSR count). The van der Waals surface area contributed by atoms with Crippen molar-refractivity contribution in [2.75, 3.05) is 19.4 Å². The van der Waals surface area contributed by atoms with E-state index < -0.39 is 0 Å². The Morgan fingerprint density at radius 1 is 1.47 bits per heavy atom. The second kappa shape index (κ2) is 5.63. The van der Waals surface area contributed by atoms with E-state index in [-0.39, 0.29) is 29.4 Å². The van der Waals surface area contributed by atoms with Crippen LogP contribution in [0.15, 0.2) is 18.3 Å². The average molecular weight is 237 g/mol. The van der Waals surface area contributed by atoms with Crippen LogP contribution in [-0.2, 0) is 4.79 Å². The number of amides is 1. The first-order chi connectivity index (χ1) is 7.93. The van der Waals surface area contributed by atoms with Gasteiger partial charge in [-0.2, -0.15) is 0 Å². The molecule has 1 heterocycles. The summed E-state index contributed by atoms with van der Waals surface area (Å²) in [6.07, 6.45) is 1.52. The molecule has 0 fully saturated rings. The Bertz CT molecular complexity index is 383. The van der Waals surface area contributed by atoms with Crippen LogP contribution in [0, 0.1) is 5.92 Å². The molecule has 1 atom stereocenters. The van der Waals surface area contributed by atoms with E-state index in [4.69, 9.17) is 0 Å². The maximum Gasteiger partial charge on any atom is 0.243 e. The van der Waals surface area contributed by atoms with Crippen LogP contribution in [0.1, 0.15) is 13.8 Å². The van der Waals surface area contributed by atoms with Crippen molar-refractivity contribution in [1.82, 2.24) is 9.88 Å². The van der Waals surface area contributed by atoms with Gasteiger partial charge in [-0.25, -0.2) is 4.98 Å². The van der Waals surface area contributed by atoms with Crippen molar-refractivity contribution in [2.24, 2.45) is 5.92 Å². The molecular formula is C12H19N3O2. The minimum Gasteiger partial charge on any atom is -0.504 e. The summed E-state index contributed by atoms with van der Waals surface area (Å²) in [5.41, 5.74) is 0. The largest absolute Gasteiger partial charge is 0.504 e. The Hall–Kier alpha value is -1.62. The lowest BCUT2D eigenvalue weighted by atomic mass is 10.0. The van der Waals surface area contributed by atoms with Gasteiger partial charge in [0.05, 0.1) is 6.04 Å². The molecule has 5 heteroatoms. The Balaban J connectivity index is 2.81. The highest BCUT2D eigenvalue weighted by Gasteiger charge is 2.25. The molecule has 94 valence electrons. The maximum absolute atomic E-state index is 12.0. The number of carbonyl (C=O) groups is 1. The summed E-state index contributed by atoms with van der Waals surface area (Å²) in [6, 6.07) is 2.84. The first-order valence-corrected chi connectivity index (χ1v) is 5.54. The minimum atomic E-state index is -0.253. The van der Waals surface area contributed by atoms with Gasteiger partial charge in [0.1, 0.15) is 0 Å². The summed E-state index contributed by atoms with van der Waals surface area (Å²) in [5, 5.41) is 12.2. The lowest BCUT2D eigenvalue weighted by molar-refractivity contribution is -0.121. The molecule has 0 aliphatic heterocycles. The standard InChI is InChI=1S/C12H19N3O2/c1-8(2)10(15(3)4)12(17)14-11-9(16)6-5-7-13-11/h5-8,10,16H,1-4H3,(H,13,14,17)/t10-/m1/s1. The van der Waals surface area contributed by atoms with Gasteiger partial charge in [-0.1, -0.05) is 13.8 Å². The summed E-state index contributed by atoms with van der Waals surface area (Å²) < 4.78 is 0. The maximum atomic E-state index is 12.0. The average Bonchev–Trinajstić information content (AvgIpc) is 2.20. The molecule has 0 aliphatic carbocycles. The van der Waals surface area contributed by atoms with Gasteiger partial charge in [-0.3, -0.25) is 9.69 Å². The fourth-order valence-electron chi connectivity index (χ4n) is 1.82. The fraction of sp³-hybridized carbons (Fsp3) is 0.500. The van der Waals surface area contributed by atoms with Crippen molar-refractivity contribution in [1.29, 1.82) is 0 Å². The third kappa shape index (κ3) is 3.42. The summed E-state index contributed by atoms with van der Waals surface area (Å²) in [4.78, 5) is 17.8. The van der Waals surface area contributed by atoms with E-state index in [9.17, 15) is 9.90 Å². The number of aromatic nitrogens is 1. The summed E-state index contributed by atoms with van der Waals surface area (Å²) in [5.74, 6) is 0.182. The summed E-state index contributed by atoms with van der Waals surface area (Å²) >= 11 is 0. The van der Waals surface area contributed by atoms with Gasteiger partial charge in [-0.15, -0.1) is 0 Å². The molecule has 1 amide bonds. The molecular weight excluding hydrogens is 218 g/mol. The number of nitrogens with one attached hydrogen (secondary N) is 1. The van der Waals surface area contributed by atoms with Gasteiger partial charge in [0.2, 0.25) is 5.91 Å². The van der Waals surface area contributed by atoms with Gasteiger partial charge in [-0.05, 0) is 32.1 Å². The number of pyridine rings is 1. The first kappa shape index (κ1) is 13.4. The van der Waals surface area contributed by atoms with Crippen LogP contribution >= 0.6 is 0 Å². The van der Waals surface area contributed by atoms with Gasteiger partial charge in [0, 0.05) is 6.20 Å². The third-order valence-electron chi connectivity index (χ3n) is 2.48. The molecule has 0 saturated carbocycles. The van der Waals surface area contributed by atoms with Crippen molar-refractivity contribution >= 4 is 11.7 Å². The monoisotopic (exact) mass is 237 g/mol. The van der Waals surface area contributed by atoms with Crippen molar-refractivity contribution in [2.45, 2.75) is 19.9 Å². The Labute approximate surface area is 101 Å². The number of hydrogen-bond donors (Lipinski definition) is 2. The Morgan fingerprint density at radius 2 is 2.12 bits per heavy atom. The minimum absolute atomic E-state index is 0.0258. The second-order valence-electron chi connectivity index (χ2n) is 4.51. The molecule has 0 aromatic carbocycles. The van der Waals surface area contributed by atoms with Crippen LogP contribution in [-0.4, -0.2) is 41.0 Å². The second-order valence-corrected chi connectivity index (χ2v) is 4.51. The predicted octanol–water partition coefficient (Wildman–Crippen LogP) is 1.31. The number of hydrogen-bond acceptors (Lipinski definition) is 4. The highest BCUT2D eigenvalue weighted by Crippen LogP contribution is 2.19. The highest BCUT2D eigenvalue weighted by molar-refractivity contribution is 5.95. The van der Waals surface area contributed by atoms with Gasteiger partial charge in [0.25, 0.3) is 0 Å². The molecule has 0 aliphatic rings. The smallest absolute Gasteiger partial charge is 0.243 e. The zero-order valence-corrected chi connectivity index (χ0v) is 10.6. The number of nitrogens with zero attached hydrogens (tertiary/aromatic N) is 2. The Morgan fingerprint density at radius 3 is 2.59 bits per heavy atom. The normalized spacial score (nSPS) is 12.8. The molecule has 0 radical (unpaired) electrons. The quantitative estimate of drug-likeness (QED) is 0.828. The first-order valence-electron chi connectivity index (χ1n) is 5.54. The molecule has 2 N–H and O–H groups in total. The number of likely N-dealkylation sites (N-methyl/N-ethyl adjacent to an activating group) is 1. The molecule has 0 bridgehead atoms. The molecule has 1 aromatic heterocycles. The lowest BCUT2D eigenvalue weighted by Crippen LogP contribution is -2.43. The van der Waals surface area contributed by atoms with Crippen LogP contribution in [0.3, 0.4) is 0 Å². The van der Waals surface area contributed by atoms with E-state index in [2.05, 4.69) is 10.3 Å². The van der Waals surface area contributed by atoms with Crippen molar-refractivity contribution in [3.05, 3.63) is 18.3 Å². The van der Waals surface area contributed by atoms with Gasteiger partial charge < -0.3 is 10.4 Å². The van der Waals surface area contributed by atoms with E-state index in [1.54, 1.807) is 6.07 Å². The van der Waals surface area contributed by atoms with Crippen LogP contribution in [0.2, 0.25) is 0 Å². The zero-order valence-electron chi connectivity index (χ0n) is 10.6. The zero-order chi connectivity index (χ0) is 13.0. The molecule has 17 heavy (non-hydrogen) atoms. The number of carbonyl (C=O) groups excluding carboxylic acids is 1. The SMILES string of the molecule is CC(C)[C@H](C(=O)Nc1ncccc1O)N(C)C. The summed E-state index contributed by atoms with van der Waals surface area (Å²) in [6.45, 7) is 3.95. The van der Waals surface area contributed by atoms with Gasteiger partial charge >= 0.3 is 0 Å². The molecule has 5 nitrogen and oxygen atoms in total. The molecule has 0 spiro atoms. The molecule has 1 aromatic rings. The van der Waals surface area contributed by atoms with Crippen molar-refractivity contribution < 1.29 is 9.90 Å². The van der Waals surface area contributed by atoms with Crippen molar-refractivity contribution in [3.63, 3.8) is 0 Å². The van der Waals surface area contributed by atoms with E-state index in [0.29, 0.717) is 0 Å². The fourth-order valence-corrected chi connectivity index (χ4v) is 1.82. The van der Waals surface area contributed by atoms with Crippen LogP contribution < -0.4 is 5.32 Å². The topological polar surface area (TPSA) is 65.5 Å². The lowest BCUT2D eigenvalue weighted by Gasteiger charge is -2.26. The van der Waals surface area contributed by atoms with E-state index in [1.165, 1.54) is 12.3 Å². The van der Waals surface area contributed by atoms with E-state index in [1.807, 2.05) is 32.8 Å².